The maximum absolute atomic E-state index is 6.52. The summed E-state index contributed by atoms with van der Waals surface area (Å²) in [5.41, 5.74) is 4.04. The fraction of sp³-hybridized carbons (Fsp3) is 0.367. The topological polar surface area (TPSA) is 52.5 Å². The molecule has 2 aliphatic heterocycles. The summed E-state index contributed by atoms with van der Waals surface area (Å²) in [5.74, 6) is 3.09. The highest BCUT2D eigenvalue weighted by Crippen LogP contribution is 2.49. The molecule has 0 N–H and O–H groups in total. The number of rotatable bonds is 10. The quantitative estimate of drug-likeness (QED) is 0.258. The lowest BCUT2D eigenvalue weighted by atomic mass is 9.96. The van der Waals surface area contributed by atoms with Crippen molar-refractivity contribution in [1.82, 2.24) is 5.01 Å². The second-order valence-corrected chi connectivity index (χ2v) is 9.66. The van der Waals surface area contributed by atoms with E-state index in [1.807, 2.05) is 60.5 Å². The first kappa shape index (κ1) is 25.3. The largest absolute Gasteiger partial charge is 0.494 e. The van der Waals surface area contributed by atoms with Gasteiger partial charge in [-0.15, -0.1) is 0 Å². The van der Waals surface area contributed by atoms with E-state index in [0.717, 1.165) is 65.3 Å². The number of nitrogens with zero attached hydrogens (tertiary/aromatic N) is 2. The van der Waals surface area contributed by atoms with E-state index in [9.17, 15) is 0 Å². The van der Waals surface area contributed by atoms with Gasteiger partial charge in [0.2, 0.25) is 6.23 Å². The Morgan fingerprint density at radius 2 is 1.81 bits per heavy atom. The Labute approximate surface area is 223 Å². The van der Waals surface area contributed by atoms with Gasteiger partial charge < -0.3 is 18.9 Å². The van der Waals surface area contributed by atoms with Crippen molar-refractivity contribution < 1.29 is 18.9 Å². The van der Waals surface area contributed by atoms with Crippen LogP contribution in [0.4, 0.5) is 0 Å². The van der Waals surface area contributed by atoms with Gasteiger partial charge in [0.1, 0.15) is 11.5 Å². The summed E-state index contributed by atoms with van der Waals surface area (Å²) in [5, 5.41) is 7.78. The molecule has 0 spiro atoms. The second-order valence-electron chi connectivity index (χ2n) is 9.22. The molecule has 5 rings (SSSR count). The molecular weight excluding hydrogens is 488 g/mol. The van der Waals surface area contributed by atoms with Gasteiger partial charge in [-0.3, -0.25) is 0 Å². The molecule has 6 nitrogen and oxygen atoms in total. The molecule has 0 unspecified atom stereocenters. The van der Waals surface area contributed by atoms with Crippen molar-refractivity contribution in [3.8, 4) is 23.0 Å². The van der Waals surface area contributed by atoms with Crippen LogP contribution in [0, 0.1) is 0 Å². The summed E-state index contributed by atoms with van der Waals surface area (Å²) in [4.78, 5) is 0. The highest BCUT2D eigenvalue weighted by molar-refractivity contribution is 6.30. The van der Waals surface area contributed by atoms with E-state index in [0.29, 0.717) is 24.0 Å². The Kier molecular flexibility index (Phi) is 7.75. The van der Waals surface area contributed by atoms with E-state index < -0.39 is 6.23 Å². The van der Waals surface area contributed by atoms with Gasteiger partial charge in [-0.2, -0.15) is 5.10 Å². The number of hydrogen-bond acceptors (Lipinski definition) is 6. The van der Waals surface area contributed by atoms with Crippen molar-refractivity contribution in [3.05, 3.63) is 82.4 Å². The van der Waals surface area contributed by atoms with Crippen LogP contribution in [-0.2, 0) is 0 Å². The third-order valence-corrected chi connectivity index (χ3v) is 6.96. The van der Waals surface area contributed by atoms with Gasteiger partial charge in [0, 0.05) is 22.6 Å². The molecule has 0 amide bonds. The second kappa shape index (κ2) is 11.3. The molecule has 2 atom stereocenters. The minimum Gasteiger partial charge on any atom is -0.494 e. The molecule has 0 aromatic heterocycles. The van der Waals surface area contributed by atoms with Gasteiger partial charge in [0.15, 0.2) is 11.5 Å². The Bertz CT molecular complexity index is 1260. The molecule has 0 saturated carbocycles. The van der Waals surface area contributed by atoms with Gasteiger partial charge in [-0.05, 0) is 79.6 Å². The van der Waals surface area contributed by atoms with Gasteiger partial charge in [-0.25, -0.2) is 5.01 Å². The normalized spacial score (nSPS) is 17.9. The lowest BCUT2D eigenvalue weighted by Gasteiger charge is -2.38. The number of ether oxygens (including phenoxy) is 4. The van der Waals surface area contributed by atoms with Gasteiger partial charge >= 0.3 is 0 Å². The average molecular weight is 521 g/mol. The minimum atomic E-state index is -0.415. The summed E-state index contributed by atoms with van der Waals surface area (Å²) in [6.45, 7) is 5.47. The Morgan fingerprint density at radius 3 is 2.57 bits per heavy atom. The molecule has 2 aliphatic rings. The van der Waals surface area contributed by atoms with Crippen molar-refractivity contribution in [2.45, 2.75) is 51.8 Å². The molecule has 0 fully saturated rings. The number of hydrazone groups is 1. The van der Waals surface area contributed by atoms with Crippen molar-refractivity contribution in [1.29, 1.82) is 0 Å². The maximum Gasteiger partial charge on any atom is 0.214 e. The number of unbranched alkanes of at least 4 members (excludes halogenated alkanes) is 2. The van der Waals surface area contributed by atoms with Gasteiger partial charge in [0.25, 0.3) is 0 Å². The van der Waals surface area contributed by atoms with Crippen LogP contribution in [0.15, 0.2) is 65.8 Å². The number of halogens is 1. The first-order chi connectivity index (χ1) is 18.1. The Morgan fingerprint density at radius 1 is 0.973 bits per heavy atom. The summed E-state index contributed by atoms with van der Waals surface area (Å²) < 4.78 is 23.8. The lowest BCUT2D eigenvalue weighted by molar-refractivity contribution is -0.0191. The van der Waals surface area contributed by atoms with Crippen LogP contribution < -0.4 is 18.9 Å². The standard InChI is InChI=1S/C30H33ClN2O4/c1-4-6-7-16-36-28-14-10-21(17-29(28)34-3)30-33-26(24-18-22(31)11-15-27(24)37-30)19-25(32-33)20-8-12-23(13-9-20)35-5-2/h8-15,17-18,26,30H,4-7,16,19H2,1-3H3/t26-,30+/m1/s1. The van der Waals surface area contributed by atoms with Crippen LogP contribution in [0.3, 0.4) is 0 Å². The maximum atomic E-state index is 6.52. The molecule has 0 bridgehead atoms. The third-order valence-electron chi connectivity index (χ3n) is 6.73. The van der Waals surface area contributed by atoms with Crippen LogP contribution in [0.25, 0.3) is 0 Å². The number of benzene rings is 3. The Balaban J connectivity index is 1.47. The van der Waals surface area contributed by atoms with E-state index in [4.69, 9.17) is 35.6 Å². The zero-order valence-electron chi connectivity index (χ0n) is 21.6. The smallest absolute Gasteiger partial charge is 0.214 e. The first-order valence-corrected chi connectivity index (χ1v) is 13.3. The van der Waals surface area contributed by atoms with Crippen molar-refractivity contribution in [2.24, 2.45) is 5.10 Å². The van der Waals surface area contributed by atoms with Crippen LogP contribution in [0.2, 0.25) is 5.02 Å². The molecule has 3 aromatic carbocycles. The third kappa shape index (κ3) is 5.35. The van der Waals surface area contributed by atoms with Crippen LogP contribution in [0.1, 0.15) is 68.5 Å². The van der Waals surface area contributed by atoms with Crippen molar-refractivity contribution in [3.63, 3.8) is 0 Å². The van der Waals surface area contributed by atoms with Crippen LogP contribution in [0.5, 0.6) is 23.0 Å². The molecule has 0 radical (unpaired) electrons. The van der Waals surface area contributed by atoms with Crippen LogP contribution in [-0.4, -0.2) is 31.0 Å². The first-order valence-electron chi connectivity index (χ1n) is 13.0. The van der Waals surface area contributed by atoms with E-state index in [2.05, 4.69) is 19.1 Å². The van der Waals surface area contributed by atoms with E-state index >= 15 is 0 Å². The number of fused-ring (bicyclic) bond motifs is 3. The zero-order valence-corrected chi connectivity index (χ0v) is 22.3. The molecule has 194 valence electrons. The monoisotopic (exact) mass is 520 g/mol. The Hall–Kier alpha value is -3.38. The van der Waals surface area contributed by atoms with E-state index in [-0.39, 0.29) is 6.04 Å². The predicted molar refractivity (Wildman–Crippen MR) is 146 cm³/mol. The number of hydrogen-bond donors (Lipinski definition) is 0. The SMILES string of the molecule is CCCCCOc1ccc([C@@H]2Oc3ccc(Cl)cc3[C@H]3CC(c4ccc(OCC)cc4)=NN32)cc1OC. The summed E-state index contributed by atoms with van der Waals surface area (Å²) in [6.07, 6.45) is 3.65. The van der Waals surface area contributed by atoms with Gasteiger partial charge in [0.05, 0.1) is 32.1 Å². The number of methoxy groups -OCH3 is 1. The molecule has 7 heteroatoms. The van der Waals surface area contributed by atoms with Crippen molar-refractivity contribution >= 4 is 17.3 Å². The fourth-order valence-corrected chi connectivity index (χ4v) is 5.03. The average Bonchev–Trinajstić information content (AvgIpc) is 3.37. The van der Waals surface area contributed by atoms with Gasteiger partial charge in [-0.1, -0.05) is 31.4 Å². The molecule has 0 aliphatic carbocycles. The van der Waals surface area contributed by atoms with E-state index in [1.165, 1.54) is 0 Å². The fourth-order valence-electron chi connectivity index (χ4n) is 4.85. The van der Waals surface area contributed by atoms with E-state index in [1.54, 1.807) is 7.11 Å². The predicted octanol–water partition coefficient (Wildman–Crippen LogP) is 7.56. The summed E-state index contributed by atoms with van der Waals surface area (Å²) in [6, 6.07) is 19.9. The minimum absolute atomic E-state index is 0.00461. The molecule has 0 saturated heterocycles. The summed E-state index contributed by atoms with van der Waals surface area (Å²) >= 11 is 6.38. The zero-order chi connectivity index (χ0) is 25.8. The van der Waals surface area contributed by atoms with Crippen LogP contribution >= 0.6 is 11.6 Å². The molecule has 3 aromatic rings. The molecule has 37 heavy (non-hydrogen) atoms. The highest BCUT2D eigenvalue weighted by atomic mass is 35.5. The highest BCUT2D eigenvalue weighted by Gasteiger charge is 2.41. The molecular formula is C30H33ClN2O4. The summed E-state index contributed by atoms with van der Waals surface area (Å²) in [7, 11) is 1.66. The van der Waals surface area contributed by atoms with Crippen molar-refractivity contribution in [2.75, 3.05) is 20.3 Å². The molecule has 2 heterocycles. The lowest BCUT2D eigenvalue weighted by Crippen LogP contribution is -2.33.